The van der Waals surface area contributed by atoms with Gasteiger partial charge < -0.3 is 5.73 Å². The molecule has 1 atom stereocenters. The minimum absolute atomic E-state index is 0.197. The number of hydrogen-bond donors (Lipinski definition) is 1. The Bertz CT molecular complexity index is 398. The lowest BCUT2D eigenvalue weighted by molar-refractivity contribution is -0.137. The molecule has 0 saturated heterocycles. The largest absolute Gasteiger partial charge is 0.416 e. The maximum absolute atomic E-state index is 13.2. The molecule has 0 radical (unpaired) electrons. The van der Waals surface area contributed by atoms with E-state index in [4.69, 9.17) is 5.73 Å². The predicted octanol–water partition coefficient (Wildman–Crippen LogP) is 4.28. The summed E-state index contributed by atoms with van der Waals surface area (Å²) in [5, 5.41) is 0. The number of hydrogen-bond acceptors (Lipinski definition) is 1. The minimum atomic E-state index is -4.55. The SMILES string of the molecule is CC(C)CC[C@H](N)c1cc(F)cc(C(F)(F)F)c1. The van der Waals surface area contributed by atoms with Gasteiger partial charge in [0.25, 0.3) is 0 Å². The molecule has 1 nitrogen and oxygen atoms in total. The van der Waals surface area contributed by atoms with E-state index in [1.165, 1.54) is 0 Å². The van der Waals surface area contributed by atoms with Crippen molar-refractivity contribution in [1.82, 2.24) is 0 Å². The molecule has 0 aromatic heterocycles. The van der Waals surface area contributed by atoms with Crippen LogP contribution in [0.1, 0.15) is 43.9 Å². The van der Waals surface area contributed by atoms with Crippen LogP contribution in [0.5, 0.6) is 0 Å². The van der Waals surface area contributed by atoms with E-state index in [-0.39, 0.29) is 5.56 Å². The van der Waals surface area contributed by atoms with Crippen molar-refractivity contribution in [3.05, 3.63) is 35.1 Å². The van der Waals surface area contributed by atoms with E-state index in [2.05, 4.69) is 0 Å². The predicted molar refractivity (Wildman–Crippen MR) is 62.4 cm³/mol. The summed E-state index contributed by atoms with van der Waals surface area (Å²) in [5.74, 6) is -0.494. The fourth-order valence-corrected chi connectivity index (χ4v) is 1.67. The van der Waals surface area contributed by atoms with Gasteiger partial charge in [0.2, 0.25) is 0 Å². The fraction of sp³-hybridized carbons (Fsp3) is 0.538. The Morgan fingerprint density at radius 1 is 1.11 bits per heavy atom. The molecule has 18 heavy (non-hydrogen) atoms. The average Bonchev–Trinajstić information content (AvgIpc) is 2.23. The lowest BCUT2D eigenvalue weighted by Crippen LogP contribution is -2.14. The molecule has 102 valence electrons. The maximum atomic E-state index is 13.2. The van der Waals surface area contributed by atoms with Crippen molar-refractivity contribution in [2.75, 3.05) is 0 Å². The molecular formula is C13H17F4N. The van der Waals surface area contributed by atoms with Gasteiger partial charge in [-0.3, -0.25) is 0 Å². The van der Waals surface area contributed by atoms with Crippen LogP contribution in [0.25, 0.3) is 0 Å². The molecule has 1 rings (SSSR count). The first-order chi connectivity index (χ1) is 8.20. The number of halogens is 4. The molecular weight excluding hydrogens is 246 g/mol. The monoisotopic (exact) mass is 263 g/mol. The third-order valence-corrected chi connectivity index (χ3v) is 2.73. The third kappa shape index (κ3) is 4.29. The van der Waals surface area contributed by atoms with E-state index in [0.717, 1.165) is 18.6 Å². The van der Waals surface area contributed by atoms with Crippen LogP contribution in [0, 0.1) is 11.7 Å². The van der Waals surface area contributed by atoms with Crippen molar-refractivity contribution in [1.29, 1.82) is 0 Å². The molecule has 5 heteroatoms. The van der Waals surface area contributed by atoms with Gasteiger partial charge in [-0.25, -0.2) is 4.39 Å². The van der Waals surface area contributed by atoms with Crippen molar-refractivity contribution < 1.29 is 17.6 Å². The van der Waals surface area contributed by atoms with Crippen molar-refractivity contribution >= 4 is 0 Å². The number of alkyl halides is 3. The van der Waals surface area contributed by atoms with Crippen LogP contribution in [-0.2, 0) is 6.18 Å². The molecule has 0 aliphatic heterocycles. The first kappa shape index (κ1) is 15.0. The standard InChI is InChI=1S/C13H17F4N/c1-8(2)3-4-12(18)9-5-10(13(15,16)17)7-11(14)6-9/h5-8,12H,3-4,18H2,1-2H3/t12-/m0/s1. The highest BCUT2D eigenvalue weighted by molar-refractivity contribution is 5.28. The van der Waals surface area contributed by atoms with Crippen molar-refractivity contribution in [2.45, 2.75) is 38.9 Å². The van der Waals surface area contributed by atoms with Crippen molar-refractivity contribution in [3.8, 4) is 0 Å². The minimum Gasteiger partial charge on any atom is -0.324 e. The summed E-state index contributed by atoms with van der Waals surface area (Å²) >= 11 is 0. The highest BCUT2D eigenvalue weighted by Crippen LogP contribution is 2.32. The lowest BCUT2D eigenvalue weighted by atomic mass is 9.97. The van der Waals surface area contributed by atoms with Gasteiger partial charge in [0.05, 0.1) is 5.56 Å². The lowest BCUT2D eigenvalue weighted by Gasteiger charge is -2.16. The van der Waals surface area contributed by atoms with Gasteiger partial charge in [-0.2, -0.15) is 13.2 Å². The van der Waals surface area contributed by atoms with E-state index in [1.54, 1.807) is 0 Å². The molecule has 2 N–H and O–H groups in total. The molecule has 1 aromatic rings. The Kier molecular flexibility index (Phi) is 4.73. The summed E-state index contributed by atoms with van der Waals surface area (Å²) in [6.45, 7) is 4.00. The summed E-state index contributed by atoms with van der Waals surface area (Å²) in [6.07, 6.45) is -3.22. The summed E-state index contributed by atoms with van der Waals surface area (Å²) < 4.78 is 50.7. The van der Waals surface area contributed by atoms with Gasteiger partial charge in [-0.05, 0) is 42.5 Å². The molecule has 0 spiro atoms. The Morgan fingerprint density at radius 3 is 2.22 bits per heavy atom. The summed E-state index contributed by atoms with van der Waals surface area (Å²) in [5.41, 5.74) is 5.00. The highest BCUT2D eigenvalue weighted by Gasteiger charge is 2.31. The average molecular weight is 263 g/mol. The zero-order valence-corrected chi connectivity index (χ0v) is 10.4. The van der Waals surface area contributed by atoms with Gasteiger partial charge >= 0.3 is 6.18 Å². The van der Waals surface area contributed by atoms with Gasteiger partial charge in [0.1, 0.15) is 5.82 Å². The molecule has 1 aromatic carbocycles. The normalized spacial score (nSPS) is 14.0. The van der Waals surface area contributed by atoms with E-state index in [1.807, 2.05) is 13.8 Å². The van der Waals surface area contributed by atoms with E-state index < -0.39 is 23.6 Å². The Balaban J connectivity index is 2.92. The Labute approximate surface area is 104 Å². The quantitative estimate of drug-likeness (QED) is 0.806. The Hall–Kier alpha value is -1.10. The molecule has 0 aliphatic carbocycles. The molecule has 0 aliphatic rings. The Morgan fingerprint density at radius 2 is 1.72 bits per heavy atom. The van der Waals surface area contributed by atoms with Crippen LogP contribution < -0.4 is 5.73 Å². The molecule has 0 saturated carbocycles. The van der Waals surface area contributed by atoms with Gasteiger partial charge in [-0.1, -0.05) is 13.8 Å². The van der Waals surface area contributed by atoms with Crippen molar-refractivity contribution in [3.63, 3.8) is 0 Å². The van der Waals surface area contributed by atoms with Crippen LogP contribution in [0.3, 0.4) is 0 Å². The van der Waals surface area contributed by atoms with Crippen LogP contribution in [0.4, 0.5) is 17.6 Å². The van der Waals surface area contributed by atoms with Crippen LogP contribution in [-0.4, -0.2) is 0 Å². The highest BCUT2D eigenvalue weighted by atomic mass is 19.4. The van der Waals surface area contributed by atoms with Gasteiger partial charge in [0, 0.05) is 6.04 Å². The second-order valence-corrected chi connectivity index (χ2v) is 4.85. The number of benzene rings is 1. The summed E-state index contributed by atoms with van der Waals surface area (Å²) in [6, 6.07) is 1.91. The zero-order valence-electron chi connectivity index (χ0n) is 10.4. The first-order valence-electron chi connectivity index (χ1n) is 5.83. The first-order valence-corrected chi connectivity index (χ1v) is 5.83. The number of rotatable bonds is 4. The molecule has 0 bridgehead atoms. The van der Waals surface area contributed by atoms with Crippen LogP contribution in [0.2, 0.25) is 0 Å². The summed E-state index contributed by atoms with van der Waals surface area (Å²) in [7, 11) is 0. The second kappa shape index (κ2) is 5.69. The van der Waals surface area contributed by atoms with E-state index in [9.17, 15) is 17.6 Å². The maximum Gasteiger partial charge on any atom is 0.416 e. The smallest absolute Gasteiger partial charge is 0.324 e. The molecule has 0 fully saturated rings. The topological polar surface area (TPSA) is 26.0 Å². The molecule has 0 heterocycles. The van der Waals surface area contributed by atoms with E-state index in [0.29, 0.717) is 18.4 Å². The van der Waals surface area contributed by atoms with Crippen molar-refractivity contribution in [2.24, 2.45) is 11.7 Å². The second-order valence-electron chi connectivity index (χ2n) is 4.85. The molecule has 0 amide bonds. The van der Waals surface area contributed by atoms with Gasteiger partial charge in [-0.15, -0.1) is 0 Å². The van der Waals surface area contributed by atoms with E-state index >= 15 is 0 Å². The molecule has 0 unspecified atom stereocenters. The summed E-state index contributed by atoms with van der Waals surface area (Å²) in [4.78, 5) is 0. The zero-order chi connectivity index (χ0) is 13.9. The third-order valence-electron chi connectivity index (χ3n) is 2.73. The fourth-order valence-electron chi connectivity index (χ4n) is 1.67. The van der Waals surface area contributed by atoms with Crippen LogP contribution >= 0.6 is 0 Å². The number of nitrogens with two attached hydrogens (primary N) is 1. The van der Waals surface area contributed by atoms with Gasteiger partial charge in [0.15, 0.2) is 0 Å². The van der Waals surface area contributed by atoms with Crippen LogP contribution in [0.15, 0.2) is 18.2 Å².